The van der Waals surface area contributed by atoms with Crippen LogP contribution in [-0.4, -0.2) is 10.9 Å². The van der Waals surface area contributed by atoms with Gasteiger partial charge in [0.2, 0.25) is 0 Å². The molecule has 1 N–H and O–H groups in total. The minimum absolute atomic E-state index is 0.0564. The number of para-hydroxylation sites is 1. The van der Waals surface area contributed by atoms with E-state index in [9.17, 15) is 9.18 Å². The van der Waals surface area contributed by atoms with E-state index in [0.717, 1.165) is 0 Å². The minimum atomic E-state index is -0.599. The van der Waals surface area contributed by atoms with Crippen molar-refractivity contribution < 1.29 is 9.18 Å². The van der Waals surface area contributed by atoms with Crippen molar-refractivity contribution in [1.29, 1.82) is 0 Å². The Bertz CT molecular complexity index is 567. The van der Waals surface area contributed by atoms with Crippen LogP contribution in [0.5, 0.6) is 0 Å². The molecule has 1 aromatic carbocycles. The highest BCUT2D eigenvalue weighted by Gasteiger charge is 2.12. The van der Waals surface area contributed by atoms with Crippen LogP contribution in [0.2, 0.25) is 10.2 Å². The monoisotopic (exact) mass is 284 g/mol. The first-order valence-electron chi connectivity index (χ1n) is 4.95. The Balaban J connectivity index is 2.24. The predicted molar refractivity (Wildman–Crippen MR) is 68.6 cm³/mol. The number of carbonyl (C=O) groups is 1. The quantitative estimate of drug-likeness (QED) is 0.853. The van der Waals surface area contributed by atoms with Gasteiger partial charge in [-0.05, 0) is 24.3 Å². The Labute approximate surface area is 113 Å². The molecule has 0 saturated carbocycles. The molecule has 0 unspecified atom stereocenters. The van der Waals surface area contributed by atoms with E-state index in [4.69, 9.17) is 23.2 Å². The number of anilines is 1. The van der Waals surface area contributed by atoms with Crippen LogP contribution in [0, 0.1) is 5.82 Å². The molecule has 18 heavy (non-hydrogen) atoms. The molecule has 3 nitrogen and oxygen atoms in total. The first-order chi connectivity index (χ1) is 8.58. The number of aromatic nitrogens is 1. The molecule has 2 rings (SSSR count). The third kappa shape index (κ3) is 2.78. The van der Waals surface area contributed by atoms with Gasteiger partial charge in [-0.1, -0.05) is 29.3 Å². The molecule has 0 aliphatic carbocycles. The van der Waals surface area contributed by atoms with E-state index in [1.807, 2.05) is 0 Å². The van der Waals surface area contributed by atoms with E-state index < -0.39 is 11.7 Å². The fourth-order valence-electron chi connectivity index (χ4n) is 1.31. The molecule has 92 valence electrons. The maximum atomic E-state index is 13.5. The molecule has 0 spiro atoms. The third-order valence-corrected chi connectivity index (χ3v) is 2.73. The van der Waals surface area contributed by atoms with Gasteiger partial charge in [0.25, 0.3) is 5.91 Å². The van der Waals surface area contributed by atoms with Crippen molar-refractivity contribution in [3.8, 4) is 0 Å². The second-order valence-corrected chi connectivity index (χ2v) is 4.21. The van der Waals surface area contributed by atoms with E-state index in [0.29, 0.717) is 0 Å². The standard InChI is InChI=1S/C12H7Cl2FN2O/c13-8-2-1-3-9(15)11(8)17-12(18)7-4-5-10(14)16-6-7/h1-6H,(H,17,18). The second kappa shape index (κ2) is 5.33. The van der Waals surface area contributed by atoms with Crippen molar-refractivity contribution in [2.24, 2.45) is 0 Å². The van der Waals surface area contributed by atoms with Crippen molar-refractivity contribution in [2.75, 3.05) is 5.32 Å². The second-order valence-electron chi connectivity index (χ2n) is 3.42. The summed E-state index contributed by atoms with van der Waals surface area (Å²) in [6, 6.07) is 7.11. The van der Waals surface area contributed by atoms with Gasteiger partial charge in [-0.15, -0.1) is 0 Å². The van der Waals surface area contributed by atoms with Crippen LogP contribution >= 0.6 is 23.2 Å². The topological polar surface area (TPSA) is 42.0 Å². The molecule has 0 aliphatic heterocycles. The average molecular weight is 285 g/mol. The van der Waals surface area contributed by atoms with Crippen molar-refractivity contribution >= 4 is 34.8 Å². The zero-order valence-corrected chi connectivity index (χ0v) is 10.5. The molecular formula is C12H7Cl2FN2O. The Morgan fingerprint density at radius 2 is 2.00 bits per heavy atom. The van der Waals surface area contributed by atoms with Crippen molar-refractivity contribution in [2.45, 2.75) is 0 Å². The Hall–Kier alpha value is -1.65. The lowest BCUT2D eigenvalue weighted by Crippen LogP contribution is -2.13. The van der Waals surface area contributed by atoms with E-state index in [1.165, 1.54) is 36.5 Å². The van der Waals surface area contributed by atoms with E-state index in [2.05, 4.69) is 10.3 Å². The molecule has 2 aromatic rings. The largest absolute Gasteiger partial charge is 0.318 e. The van der Waals surface area contributed by atoms with Crippen LogP contribution in [0.1, 0.15) is 10.4 Å². The Morgan fingerprint density at radius 1 is 1.22 bits per heavy atom. The summed E-state index contributed by atoms with van der Waals surface area (Å²) >= 11 is 11.4. The molecule has 0 fully saturated rings. The van der Waals surface area contributed by atoms with E-state index in [1.54, 1.807) is 0 Å². The maximum Gasteiger partial charge on any atom is 0.257 e. The number of pyridine rings is 1. The maximum absolute atomic E-state index is 13.5. The third-order valence-electron chi connectivity index (χ3n) is 2.19. The van der Waals surface area contributed by atoms with Crippen LogP contribution < -0.4 is 5.32 Å². The molecule has 1 aromatic heterocycles. The van der Waals surface area contributed by atoms with Crippen LogP contribution in [0.4, 0.5) is 10.1 Å². The number of nitrogens with one attached hydrogen (secondary N) is 1. The van der Waals surface area contributed by atoms with E-state index in [-0.39, 0.29) is 21.4 Å². The number of hydrogen-bond donors (Lipinski definition) is 1. The molecule has 0 radical (unpaired) electrons. The van der Waals surface area contributed by atoms with Gasteiger partial charge in [0.15, 0.2) is 0 Å². The zero-order chi connectivity index (χ0) is 13.1. The summed E-state index contributed by atoms with van der Waals surface area (Å²) in [4.78, 5) is 15.6. The summed E-state index contributed by atoms with van der Waals surface area (Å²) in [6.07, 6.45) is 1.30. The fourth-order valence-corrected chi connectivity index (χ4v) is 1.64. The van der Waals surface area contributed by atoms with Gasteiger partial charge in [-0.3, -0.25) is 4.79 Å². The fraction of sp³-hybridized carbons (Fsp3) is 0. The van der Waals surface area contributed by atoms with Crippen LogP contribution in [-0.2, 0) is 0 Å². The number of benzene rings is 1. The lowest BCUT2D eigenvalue weighted by atomic mass is 10.2. The van der Waals surface area contributed by atoms with E-state index >= 15 is 0 Å². The van der Waals surface area contributed by atoms with Crippen LogP contribution in [0.15, 0.2) is 36.5 Å². The SMILES string of the molecule is O=C(Nc1c(F)cccc1Cl)c1ccc(Cl)nc1. The molecule has 0 saturated heterocycles. The summed E-state index contributed by atoms with van der Waals surface area (Å²) in [5.74, 6) is -1.11. The summed E-state index contributed by atoms with van der Waals surface area (Å²) in [6.45, 7) is 0. The van der Waals surface area contributed by atoms with Crippen LogP contribution in [0.3, 0.4) is 0 Å². The minimum Gasteiger partial charge on any atom is -0.318 e. The number of amides is 1. The molecule has 0 aliphatic rings. The number of hydrogen-bond acceptors (Lipinski definition) is 2. The highest BCUT2D eigenvalue weighted by atomic mass is 35.5. The zero-order valence-electron chi connectivity index (χ0n) is 8.95. The molecule has 0 atom stereocenters. The number of rotatable bonds is 2. The van der Waals surface area contributed by atoms with Gasteiger partial charge in [0.1, 0.15) is 11.0 Å². The Morgan fingerprint density at radius 3 is 2.61 bits per heavy atom. The number of nitrogens with zero attached hydrogens (tertiary/aromatic N) is 1. The highest BCUT2D eigenvalue weighted by Crippen LogP contribution is 2.25. The van der Waals surface area contributed by atoms with Gasteiger partial charge in [-0.25, -0.2) is 9.37 Å². The average Bonchev–Trinajstić information content (AvgIpc) is 2.34. The smallest absolute Gasteiger partial charge is 0.257 e. The number of halogens is 3. The molecule has 0 bridgehead atoms. The number of carbonyl (C=O) groups excluding carboxylic acids is 1. The molecule has 1 amide bonds. The summed E-state index contributed by atoms with van der Waals surface area (Å²) in [5.41, 5.74) is 0.206. The van der Waals surface area contributed by atoms with Crippen molar-refractivity contribution in [3.63, 3.8) is 0 Å². The molecular weight excluding hydrogens is 278 g/mol. The Kier molecular flexibility index (Phi) is 3.79. The molecule has 1 heterocycles. The van der Waals surface area contributed by atoms with Gasteiger partial charge in [-0.2, -0.15) is 0 Å². The lowest BCUT2D eigenvalue weighted by Gasteiger charge is -2.07. The highest BCUT2D eigenvalue weighted by molar-refractivity contribution is 6.34. The van der Waals surface area contributed by atoms with Gasteiger partial charge >= 0.3 is 0 Å². The predicted octanol–water partition coefficient (Wildman–Crippen LogP) is 3.78. The summed E-state index contributed by atoms with van der Waals surface area (Å²) in [7, 11) is 0. The summed E-state index contributed by atoms with van der Waals surface area (Å²) in [5, 5.41) is 2.79. The van der Waals surface area contributed by atoms with Crippen molar-refractivity contribution in [1.82, 2.24) is 4.98 Å². The summed E-state index contributed by atoms with van der Waals surface area (Å²) < 4.78 is 13.5. The van der Waals surface area contributed by atoms with Gasteiger partial charge < -0.3 is 5.32 Å². The lowest BCUT2D eigenvalue weighted by molar-refractivity contribution is 0.102. The van der Waals surface area contributed by atoms with Crippen LogP contribution in [0.25, 0.3) is 0 Å². The molecule has 6 heteroatoms. The van der Waals surface area contributed by atoms with Crippen molar-refractivity contribution in [3.05, 3.63) is 58.1 Å². The first kappa shape index (κ1) is 12.8. The van der Waals surface area contributed by atoms with Gasteiger partial charge in [0.05, 0.1) is 16.3 Å². The van der Waals surface area contributed by atoms with Gasteiger partial charge in [0, 0.05) is 6.20 Å². The normalized spacial score (nSPS) is 10.2. The first-order valence-corrected chi connectivity index (χ1v) is 5.70.